The van der Waals surface area contributed by atoms with Crippen LogP contribution in [0.3, 0.4) is 0 Å². The molecule has 1 fully saturated rings. The Morgan fingerprint density at radius 2 is 1.69 bits per heavy atom. The first-order valence-electron chi connectivity index (χ1n) is 8.77. The molecule has 1 saturated heterocycles. The molecule has 2 aliphatic rings. The zero-order chi connectivity index (χ0) is 18.1. The number of aliphatic imine (C=N–C) groups is 1. The minimum absolute atomic E-state index is 0.287. The molecule has 6 heteroatoms. The van der Waals surface area contributed by atoms with Gasteiger partial charge in [0.05, 0.1) is 5.25 Å². The fraction of sp³-hybridized carbons (Fsp3) is 0.350. The molecule has 2 heterocycles. The second-order valence-electron chi connectivity index (χ2n) is 6.75. The van der Waals surface area contributed by atoms with Gasteiger partial charge in [0.2, 0.25) is 0 Å². The zero-order valence-electron chi connectivity index (χ0n) is 14.2. The molecule has 2 aromatic rings. The van der Waals surface area contributed by atoms with Gasteiger partial charge < -0.3 is 10.0 Å². The Morgan fingerprint density at radius 3 is 2.38 bits per heavy atom. The van der Waals surface area contributed by atoms with Gasteiger partial charge in [0.25, 0.3) is 0 Å². The maximum atomic E-state index is 13.4. The molecule has 3 nitrogen and oxygen atoms in total. The summed E-state index contributed by atoms with van der Waals surface area (Å²) in [5.41, 5.74) is 0.521. The molecule has 0 radical (unpaired) electrons. The monoisotopic (exact) mass is 374 g/mol. The highest BCUT2D eigenvalue weighted by atomic mass is 32.2. The molecule has 1 N–H and O–H groups in total. The molecule has 2 aliphatic heterocycles. The number of amidine groups is 1. The van der Waals surface area contributed by atoms with Crippen LogP contribution in [0.2, 0.25) is 0 Å². The summed E-state index contributed by atoms with van der Waals surface area (Å²) in [6.07, 6.45) is 2.30. The van der Waals surface area contributed by atoms with E-state index in [4.69, 9.17) is 0 Å². The van der Waals surface area contributed by atoms with Crippen molar-refractivity contribution < 1.29 is 13.9 Å². The second kappa shape index (κ2) is 7.00. The highest BCUT2D eigenvalue weighted by Gasteiger charge is 2.52. The maximum Gasteiger partial charge on any atom is 0.162 e. The van der Waals surface area contributed by atoms with Gasteiger partial charge in [-0.2, -0.15) is 0 Å². The van der Waals surface area contributed by atoms with Crippen LogP contribution in [0.4, 0.5) is 8.78 Å². The van der Waals surface area contributed by atoms with Crippen molar-refractivity contribution in [2.24, 2.45) is 4.99 Å². The van der Waals surface area contributed by atoms with Crippen LogP contribution in [0.15, 0.2) is 53.5 Å². The Bertz CT molecular complexity index is 810. The molecule has 0 amide bonds. The molecule has 136 valence electrons. The summed E-state index contributed by atoms with van der Waals surface area (Å²) in [5, 5.41) is 12.3. The lowest BCUT2D eigenvalue weighted by Gasteiger charge is -2.37. The quantitative estimate of drug-likeness (QED) is 0.877. The van der Waals surface area contributed by atoms with Crippen LogP contribution in [0, 0.1) is 11.6 Å². The van der Waals surface area contributed by atoms with Crippen LogP contribution in [0.25, 0.3) is 0 Å². The Labute approximate surface area is 155 Å². The Kier molecular flexibility index (Phi) is 4.71. The number of hydrogen-bond donors (Lipinski definition) is 1. The zero-order valence-corrected chi connectivity index (χ0v) is 15.1. The van der Waals surface area contributed by atoms with Crippen molar-refractivity contribution in [3.63, 3.8) is 0 Å². The largest absolute Gasteiger partial charge is 0.369 e. The lowest BCUT2D eigenvalue weighted by atomic mass is 9.93. The van der Waals surface area contributed by atoms with Crippen molar-refractivity contribution in [1.29, 1.82) is 0 Å². The van der Waals surface area contributed by atoms with Crippen molar-refractivity contribution in [3.05, 3.63) is 71.3 Å². The number of nitrogens with zero attached hydrogens (tertiary/aromatic N) is 2. The van der Waals surface area contributed by atoms with Crippen molar-refractivity contribution in [2.75, 3.05) is 13.1 Å². The first-order chi connectivity index (χ1) is 12.6. The third kappa shape index (κ3) is 3.23. The van der Waals surface area contributed by atoms with Crippen molar-refractivity contribution in [2.45, 2.75) is 30.2 Å². The fourth-order valence-electron chi connectivity index (χ4n) is 3.60. The van der Waals surface area contributed by atoms with Crippen molar-refractivity contribution >= 4 is 16.9 Å². The molecule has 4 rings (SSSR count). The third-order valence-electron chi connectivity index (χ3n) is 4.93. The van der Waals surface area contributed by atoms with Crippen LogP contribution < -0.4 is 0 Å². The van der Waals surface area contributed by atoms with Crippen LogP contribution >= 0.6 is 11.8 Å². The van der Waals surface area contributed by atoms with Gasteiger partial charge in [-0.3, -0.25) is 4.99 Å². The third-order valence-corrected chi connectivity index (χ3v) is 6.37. The van der Waals surface area contributed by atoms with Crippen LogP contribution in [-0.4, -0.2) is 34.0 Å². The Hall–Kier alpha value is -1.92. The van der Waals surface area contributed by atoms with E-state index >= 15 is 0 Å². The summed E-state index contributed by atoms with van der Waals surface area (Å²) in [6.45, 7) is 1.48. The molecular formula is C20H20F2N2OS. The first kappa shape index (κ1) is 17.5. The highest BCUT2D eigenvalue weighted by Crippen LogP contribution is 2.51. The Morgan fingerprint density at radius 1 is 1.04 bits per heavy atom. The number of aliphatic hydroxyl groups is 1. The van der Waals surface area contributed by atoms with Gasteiger partial charge in [0, 0.05) is 19.5 Å². The van der Waals surface area contributed by atoms with E-state index in [1.54, 1.807) is 24.3 Å². The molecule has 0 saturated carbocycles. The predicted octanol–water partition coefficient (Wildman–Crippen LogP) is 4.14. The molecule has 0 spiro atoms. The minimum atomic E-state index is -1.19. The van der Waals surface area contributed by atoms with E-state index in [1.807, 2.05) is 4.90 Å². The van der Waals surface area contributed by atoms with Crippen LogP contribution in [-0.2, 0) is 6.42 Å². The van der Waals surface area contributed by atoms with Gasteiger partial charge in [-0.1, -0.05) is 36.0 Å². The molecule has 2 atom stereocenters. The lowest BCUT2D eigenvalue weighted by Crippen LogP contribution is -2.50. The average Bonchev–Trinajstić information content (AvgIpc) is 2.79. The van der Waals surface area contributed by atoms with E-state index < -0.39 is 5.72 Å². The summed E-state index contributed by atoms with van der Waals surface area (Å²) in [6, 6.07) is 12.5. The topological polar surface area (TPSA) is 35.8 Å². The number of fused-ring (bicyclic) bond motifs is 1. The predicted molar refractivity (Wildman–Crippen MR) is 100 cm³/mol. The van der Waals surface area contributed by atoms with Gasteiger partial charge in [-0.15, -0.1) is 0 Å². The van der Waals surface area contributed by atoms with Crippen molar-refractivity contribution in [1.82, 2.24) is 4.90 Å². The molecule has 0 aromatic heterocycles. The summed E-state index contributed by atoms with van der Waals surface area (Å²) in [4.78, 5) is 6.62. The van der Waals surface area contributed by atoms with E-state index in [9.17, 15) is 13.9 Å². The molecule has 26 heavy (non-hydrogen) atoms. The SMILES string of the molecule is OC1(Cc2ccc(F)cc2)C(c2ccc(F)cc2)SC2=NCCCCN21. The highest BCUT2D eigenvalue weighted by molar-refractivity contribution is 8.14. The minimum Gasteiger partial charge on any atom is -0.369 e. The van der Waals surface area contributed by atoms with Gasteiger partial charge in [0.1, 0.15) is 11.6 Å². The molecule has 0 aliphatic carbocycles. The van der Waals surface area contributed by atoms with Gasteiger partial charge in [0.15, 0.2) is 10.9 Å². The average molecular weight is 374 g/mol. The normalized spacial score (nSPS) is 25.6. The number of benzene rings is 2. The van der Waals surface area contributed by atoms with Crippen LogP contribution in [0.1, 0.15) is 29.2 Å². The number of thioether (sulfide) groups is 1. The lowest BCUT2D eigenvalue weighted by molar-refractivity contribution is -0.0637. The fourth-order valence-corrected chi connectivity index (χ4v) is 5.05. The maximum absolute atomic E-state index is 13.4. The van der Waals surface area contributed by atoms with E-state index in [-0.39, 0.29) is 16.9 Å². The molecular weight excluding hydrogens is 354 g/mol. The van der Waals surface area contributed by atoms with Crippen LogP contribution in [0.5, 0.6) is 0 Å². The summed E-state index contributed by atoms with van der Waals surface area (Å²) < 4.78 is 26.6. The van der Waals surface area contributed by atoms with E-state index in [1.165, 1.54) is 36.0 Å². The molecule has 2 unspecified atom stereocenters. The molecule has 0 bridgehead atoms. The second-order valence-corrected chi connectivity index (χ2v) is 7.83. The number of halogens is 2. The standard InChI is InChI=1S/C20H20F2N2OS/c21-16-7-3-14(4-8-16)13-20(25)18(15-5-9-17(22)10-6-15)26-19-23-11-1-2-12-24(19)20/h3-10,18,25H,1-2,11-13H2. The van der Waals surface area contributed by atoms with E-state index in [0.29, 0.717) is 6.42 Å². The summed E-state index contributed by atoms with van der Waals surface area (Å²) in [5.74, 6) is -0.598. The number of hydrogen-bond acceptors (Lipinski definition) is 4. The summed E-state index contributed by atoms with van der Waals surface area (Å²) in [7, 11) is 0. The molecule has 2 aromatic carbocycles. The first-order valence-corrected chi connectivity index (χ1v) is 9.65. The van der Waals surface area contributed by atoms with E-state index in [0.717, 1.165) is 42.2 Å². The van der Waals surface area contributed by atoms with E-state index in [2.05, 4.69) is 4.99 Å². The Balaban J connectivity index is 1.74. The number of rotatable bonds is 3. The van der Waals surface area contributed by atoms with Crippen molar-refractivity contribution in [3.8, 4) is 0 Å². The smallest absolute Gasteiger partial charge is 0.162 e. The van der Waals surface area contributed by atoms with Gasteiger partial charge in [-0.05, 0) is 48.2 Å². The van der Waals surface area contributed by atoms with Gasteiger partial charge >= 0.3 is 0 Å². The summed E-state index contributed by atoms with van der Waals surface area (Å²) >= 11 is 1.53. The van der Waals surface area contributed by atoms with Gasteiger partial charge in [-0.25, -0.2) is 8.78 Å².